The van der Waals surface area contributed by atoms with E-state index in [0.717, 1.165) is 27.0 Å². The van der Waals surface area contributed by atoms with Gasteiger partial charge in [-0.25, -0.2) is 9.37 Å². The highest BCUT2D eigenvalue weighted by atomic mass is 32.2. The fourth-order valence-electron chi connectivity index (χ4n) is 1.67. The van der Waals surface area contributed by atoms with E-state index in [1.54, 1.807) is 12.1 Å². The van der Waals surface area contributed by atoms with Gasteiger partial charge in [0.2, 0.25) is 0 Å². The Morgan fingerprint density at radius 2 is 2.26 bits per heavy atom. The second-order valence-electron chi connectivity index (χ2n) is 4.37. The van der Waals surface area contributed by atoms with Crippen molar-refractivity contribution in [1.29, 1.82) is 0 Å². The highest BCUT2D eigenvalue weighted by molar-refractivity contribution is 8.01. The Balaban J connectivity index is 2.23. The molecule has 1 aromatic heterocycles. The minimum absolute atomic E-state index is 0.00164. The van der Waals surface area contributed by atoms with Gasteiger partial charge in [0.25, 0.3) is 0 Å². The molecule has 19 heavy (non-hydrogen) atoms. The summed E-state index contributed by atoms with van der Waals surface area (Å²) in [6, 6.07) is 4.80. The molecule has 0 radical (unpaired) electrons. The maximum atomic E-state index is 13.3. The molecular weight excluding hydrogens is 281 g/mol. The van der Waals surface area contributed by atoms with Crippen molar-refractivity contribution in [3.63, 3.8) is 0 Å². The third-order valence-corrected chi connectivity index (χ3v) is 4.43. The minimum Gasteiger partial charge on any atom is -0.328 e. The molecule has 1 aromatic carbocycles. The third-order valence-electron chi connectivity index (χ3n) is 2.53. The molecule has 1 atom stereocenters. The van der Waals surface area contributed by atoms with E-state index in [4.69, 9.17) is 5.73 Å². The second kappa shape index (κ2) is 6.45. The first-order valence-corrected chi connectivity index (χ1v) is 7.72. The Morgan fingerprint density at radius 3 is 2.89 bits per heavy atom. The Kier molecular flexibility index (Phi) is 4.90. The van der Waals surface area contributed by atoms with Gasteiger partial charge in [0.15, 0.2) is 4.34 Å². The largest absolute Gasteiger partial charge is 0.328 e. The highest BCUT2D eigenvalue weighted by Gasteiger charge is 2.11. The smallest absolute Gasteiger partial charge is 0.174 e. The molecule has 1 unspecified atom stereocenters. The number of halogens is 1. The van der Waals surface area contributed by atoms with E-state index in [0.29, 0.717) is 6.42 Å². The van der Waals surface area contributed by atoms with Crippen molar-refractivity contribution in [2.24, 2.45) is 5.73 Å². The van der Waals surface area contributed by atoms with Crippen LogP contribution in [0.5, 0.6) is 0 Å². The molecule has 0 aliphatic rings. The number of benzene rings is 1. The second-order valence-corrected chi connectivity index (χ2v) is 6.41. The molecule has 2 rings (SSSR count). The lowest BCUT2D eigenvalue weighted by Gasteiger charge is -2.10. The summed E-state index contributed by atoms with van der Waals surface area (Å²) in [7, 11) is 0. The summed E-state index contributed by atoms with van der Waals surface area (Å²) in [6.45, 7) is 3.94. The van der Waals surface area contributed by atoms with Gasteiger partial charge in [0, 0.05) is 17.4 Å². The number of hydrogen-bond acceptors (Lipinski definition) is 5. The van der Waals surface area contributed by atoms with Crippen LogP contribution in [-0.4, -0.2) is 15.4 Å². The number of nitrogens with two attached hydrogens (primary N) is 1. The Hall–Kier alpha value is -0.980. The van der Waals surface area contributed by atoms with E-state index in [9.17, 15) is 4.39 Å². The maximum absolute atomic E-state index is 13.3. The van der Waals surface area contributed by atoms with Crippen LogP contribution in [0, 0.1) is 5.82 Å². The fourth-order valence-corrected chi connectivity index (χ4v) is 3.45. The molecule has 1 heterocycles. The standard InChI is InChI=1S/C13H16FN3S2/c1-3-12-16-13(19-17-12)18-11-5-4-10(14)7-9(11)6-8(2)15/h4-5,7-8H,3,6,15H2,1-2H3. The van der Waals surface area contributed by atoms with Crippen LogP contribution in [0.2, 0.25) is 0 Å². The summed E-state index contributed by atoms with van der Waals surface area (Å²) in [4.78, 5) is 5.41. The van der Waals surface area contributed by atoms with Gasteiger partial charge in [-0.3, -0.25) is 0 Å². The van der Waals surface area contributed by atoms with Crippen molar-refractivity contribution < 1.29 is 4.39 Å². The van der Waals surface area contributed by atoms with Gasteiger partial charge in [0.1, 0.15) is 11.6 Å². The van der Waals surface area contributed by atoms with Crippen LogP contribution in [-0.2, 0) is 12.8 Å². The van der Waals surface area contributed by atoms with Crippen LogP contribution in [0.4, 0.5) is 4.39 Å². The highest BCUT2D eigenvalue weighted by Crippen LogP contribution is 2.32. The molecule has 3 nitrogen and oxygen atoms in total. The number of rotatable bonds is 5. The molecular formula is C13H16FN3S2. The average Bonchev–Trinajstić information content (AvgIpc) is 2.80. The van der Waals surface area contributed by atoms with Crippen molar-refractivity contribution in [2.75, 3.05) is 0 Å². The van der Waals surface area contributed by atoms with E-state index in [-0.39, 0.29) is 11.9 Å². The molecule has 2 N–H and O–H groups in total. The summed E-state index contributed by atoms with van der Waals surface area (Å²) in [5.41, 5.74) is 6.73. The van der Waals surface area contributed by atoms with Gasteiger partial charge in [-0.1, -0.05) is 18.7 Å². The molecule has 0 aliphatic carbocycles. The SMILES string of the molecule is CCc1nsc(Sc2ccc(F)cc2CC(C)N)n1. The Morgan fingerprint density at radius 1 is 1.47 bits per heavy atom. The van der Waals surface area contributed by atoms with Crippen molar-refractivity contribution in [2.45, 2.75) is 42.0 Å². The summed E-state index contributed by atoms with van der Waals surface area (Å²) in [6.07, 6.45) is 1.48. The number of aryl methyl sites for hydroxylation is 1. The Labute approximate surface area is 120 Å². The molecule has 0 aliphatic heterocycles. The first kappa shape index (κ1) is 14.4. The first-order chi connectivity index (χ1) is 9.08. The van der Waals surface area contributed by atoms with Gasteiger partial charge < -0.3 is 5.73 Å². The molecule has 2 aromatic rings. The van der Waals surface area contributed by atoms with Crippen molar-refractivity contribution in [1.82, 2.24) is 9.36 Å². The molecule has 0 saturated carbocycles. The Bertz CT molecular complexity index is 555. The van der Waals surface area contributed by atoms with Crippen LogP contribution >= 0.6 is 23.3 Å². The summed E-state index contributed by atoms with van der Waals surface area (Å²) >= 11 is 2.90. The van der Waals surface area contributed by atoms with Gasteiger partial charge >= 0.3 is 0 Å². The van der Waals surface area contributed by atoms with Crippen LogP contribution in [0.15, 0.2) is 27.4 Å². The lowest BCUT2D eigenvalue weighted by Crippen LogP contribution is -2.18. The predicted molar refractivity (Wildman–Crippen MR) is 77.2 cm³/mol. The van der Waals surface area contributed by atoms with Gasteiger partial charge in [0.05, 0.1) is 0 Å². The molecule has 102 valence electrons. The normalized spacial score (nSPS) is 12.6. The van der Waals surface area contributed by atoms with Crippen molar-refractivity contribution in [3.05, 3.63) is 35.4 Å². The van der Waals surface area contributed by atoms with E-state index in [2.05, 4.69) is 9.36 Å². The zero-order valence-corrected chi connectivity index (χ0v) is 12.5. The van der Waals surface area contributed by atoms with Crippen molar-refractivity contribution in [3.8, 4) is 0 Å². The molecule has 0 spiro atoms. The van der Waals surface area contributed by atoms with Crippen LogP contribution in [0.25, 0.3) is 0 Å². The predicted octanol–water partition coefficient (Wildman–Crippen LogP) is 3.28. The molecule has 0 saturated heterocycles. The molecule has 0 amide bonds. The van der Waals surface area contributed by atoms with E-state index in [1.165, 1.54) is 29.4 Å². The van der Waals surface area contributed by atoms with E-state index < -0.39 is 0 Å². The summed E-state index contributed by atoms with van der Waals surface area (Å²) in [5.74, 6) is 0.620. The van der Waals surface area contributed by atoms with Crippen molar-refractivity contribution >= 4 is 23.3 Å². The molecule has 0 fully saturated rings. The lowest BCUT2D eigenvalue weighted by molar-refractivity contribution is 0.620. The fraction of sp³-hybridized carbons (Fsp3) is 0.385. The molecule has 0 bridgehead atoms. The van der Waals surface area contributed by atoms with E-state index in [1.807, 2.05) is 13.8 Å². The number of aromatic nitrogens is 2. The number of hydrogen-bond donors (Lipinski definition) is 1. The zero-order chi connectivity index (χ0) is 13.8. The van der Waals surface area contributed by atoms with Gasteiger partial charge in [-0.05, 0) is 48.6 Å². The van der Waals surface area contributed by atoms with Gasteiger partial charge in [-0.15, -0.1) is 0 Å². The van der Waals surface area contributed by atoms with Crippen LogP contribution < -0.4 is 5.73 Å². The zero-order valence-electron chi connectivity index (χ0n) is 10.9. The third kappa shape index (κ3) is 3.99. The van der Waals surface area contributed by atoms with Crippen LogP contribution in [0.1, 0.15) is 25.2 Å². The van der Waals surface area contributed by atoms with Crippen LogP contribution in [0.3, 0.4) is 0 Å². The average molecular weight is 297 g/mol. The first-order valence-electron chi connectivity index (χ1n) is 6.13. The topological polar surface area (TPSA) is 51.8 Å². The number of nitrogens with zero attached hydrogens (tertiary/aromatic N) is 2. The quantitative estimate of drug-likeness (QED) is 0.920. The maximum Gasteiger partial charge on any atom is 0.174 e. The summed E-state index contributed by atoms with van der Waals surface area (Å²) < 4.78 is 18.5. The minimum atomic E-state index is -0.230. The van der Waals surface area contributed by atoms with E-state index >= 15 is 0 Å². The summed E-state index contributed by atoms with van der Waals surface area (Å²) in [5, 5.41) is 0. The lowest BCUT2D eigenvalue weighted by atomic mass is 10.1. The monoisotopic (exact) mass is 297 g/mol. The molecule has 6 heteroatoms. The van der Waals surface area contributed by atoms with Gasteiger partial charge in [-0.2, -0.15) is 4.37 Å².